The smallest absolute Gasteiger partial charge is 0.255 e. The molecule has 2 aromatic carbocycles. The molecule has 1 atom stereocenters. The molecule has 0 saturated carbocycles. The maximum atomic E-state index is 12.8. The molecular weight excluding hydrogens is 362 g/mol. The Hall–Kier alpha value is -2.80. The van der Waals surface area contributed by atoms with Crippen LogP contribution in [0, 0.1) is 0 Å². The van der Waals surface area contributed by atoms with Gasteiger partial charge in [0.25, 0.3) is 5.91 Å². The van der Waals surface area contributed by atoms with Crippen LogP contribution in [0.1, 0.15) is 23.2 Å². The van der Waals surface area contributed by atoms with Crippen LogP contribution >= 0.6 is 11.8 Å². The highest BCUT2D eigenvalue weighted by molar-refractivity contribution is 7.99. The maximum absolute atomic E-state index is 12.8. The summed E-state index contributed by atoms with van der Waals surface area (Å²) in [7, 11) is 0. The minimum Gasteiger partial charge on any atom is -0.441 e. The summed E-state index contributed by atoms with van der Waals surface area (Å²) >= 11 is 1.58. The van der Waals surface area contributed by atoms with E-state index in [1.165, 1.54) is 0 Å². The molecular formula is C20H19N3O3S. The molecule has 2 heterocycles. The number of fused-ring (bicyclic) bond motifs is 1. The van der Waals surface area contributed by atoms with Gasteiger partial charge in [0, 0.05) is 23.4 Å². The van der Waals surface area contributed by atoms with Crippen LogP contribution < -0.4 is 5.32 Å². The molecule has 1 aliphatic heterocycles. The molecule has 7 heteroatoms. The Labute approximate surface area is 160 Å². The Balaban J connectivity index is 1.51. The number of amides is 2. The first-order chi connectivity index (χ1) is 13.2. The Bertz CT molecular complexity index is 987. The average molecular weight is 381 g/mol. The average Bonchev–Trinajstić information content (AvgIpc) is 3.34. The lowest BCUT2D eigenvalue weighted by atomic mass is 10.1. The van der Waals surface area contributed by atoms with Gasteiger partial charge < -0.3 is 14.6 Å². The fourth-order valence-electron chi connectivity index (χ4n) is 3.04. The largest absolute Gasteiger partial charge is 0.441 e. The lowest BCUT2D eigenvalue weighted by Gasteiger charge is -2.23. The van der Waals surface area contributed by atoms with Crippen molar-refractivity contribution in [2.24, 2.45) is 0 Å². The van der Waals surface area contributed by atoms with E-state index >= 15 is 0 Å². The van der Waals surface area contributed by atoms with Gasteiger partial charge in [-0.2, -0.15) is 0 Å². The molecule has 0 aliphatic carbocycles. The second kappa shape index (κ2) is 7.44. The van der Waals surface area contributed by atoms with Crippen molar-refractivity contribution in [2.45, 2.75) is 19.4 Å². The molecule has 27 heavy (non-hydrogen) atoms. The van der Waals surface area contributed by atoms with Gasteiger partial charge in [-0.05, 0) is 30.3 Å². The zero-order chi connectivity index (χ0) is 18.8. The van der Waals surface area contributed by atoms with Crippen LogP contribution in [0.5, 0.6) is 0 Å². The third-order valence-corrected chi connectivity index (χ3v) is 5.48. The van der Waals surface area contributed by atoms with E-state index < -0.39 is 6.04 Å². The maximum Gasteiger partial charge on any atom is 0.255 e. The molecule has 2 amide bonds. The van der Waals surface area contributed by atoms with Gasteiger partial charge in [-0.1, -0.05) is 25.1 Å². The van der Waals surface area contributed by atoms with Gasteiger partial charge in [-0.3, -0.25) is 9.59 Å². The van der Waals surface area contributed by atoms with Crippen molar-refractivity contribution in [3.63, 3.8) is 0 Å². The van der Waals surface area contributed by atoms with E-state index in [1.54, 1.807) is 47.0 Å². The van der Waals surface area contributed by atoms with Gasteiger partial charge in [0.1, 0.15) is 11.6 Å². The predicted octanol–water partition coefficient (Wildman–Crippen LogP) is 3.54. The van der Waals surface area contributed by atoms with E-state index in [0.29, 0.717) is 46.3 Å². The lowest BCUT2D eigenvalue weighted by Crippen LogP contribution is -2.44. The Morgan fingerprint density at radius 1 is 1.26 bits per heavy atom. The number of carbonyl (C=O) groups excluding carboxylic acids is 2. The summed E-state index contributed by atoms with van der Waals surface area (Å²) in [6, 6.07) is 13.9. The van der Waals surface area contributed by atoms with Crippen LogP contribution in [-0.4, -0.2) is 39.4 Å². The lowest BCUT2D eigenvalue weighted by molar-refractivity contribution is -0.119. The number of rotatable bonds is 4. The van der Waals surface area contributed by atoms with E-state index in [2.05, 4.69) is 10.3 Å². The number of hydrogen-bond acceptors (Lipinski definition) is 5. The van der Waals surface area contributed by atoms with E-state index in [1.807, 2.05) is 25.1 Å². The van der Waals surface area contributed by atoms with Gasteiger partial charge >= 0.3 is 0 Å². The molecule has 0 unspecified atom stereocenters. The topological polar surface area (TPSA) is 75.4 Å². The number of oxazole rings is 1. The summed E-state index contributed by atoms with van der Waals surface area (Å²) in [4.78, 5) is 31.5. The number of aromatic nitrogens is 1. The fourth-order valence-corrected chi connectivity index (χ4v) is 4.19. The summed E-state index contributed by atoms with van der Waals surface area (Å²) < 4.78 is 5.59. The number of thioether (sulfide) groups is 1. The first-order valence-corrected chi connectivity index (χ1v) is 9.95. The van der Waals surface area contributed by atoms with Crippen LogP contribution in [0.2, 0.25) is 0 Å². The van der Waals surface area contributed by atoms with E-state index in [0.717, 1.165) is 0 Å². The molecule has 1 N–H and O–H groups in total. The minimum atomic E-state index is -0.498. The van der Waals surface area contributed by atoms with Crippen LogP contribution in [0.15, 0.2) is 52.9 Å². The van der Waals surface area contributed by atoms with Gasteiger partial charge in [0.15, 0.2) is 11.5 Å². The third kappa shape index (κ3) is 3.55. The molecule has 0 bridgehead atoms. The molecule has 1 aromatic heterocycles. The first kappa shape index (κ1) is 17.6. The second-order valence-corrected chi connectivity index (χ2v) is 7.29. The number of aryl methyl sites for hydroxylation is 1. The molecule has 0 radical (unpaired) electrons. The fraction of sp³-hybridized carbons (Fsp3) is 0.250. The molecule has 6 nitrogen and oxygen atoms in total. The zero-order valence-corrected chi connectivity index (χ0v) is 15.7. The molecule has 0 spiro atoms. The molecule has 4 rings (SSSR count). The van der Waals surface area contributed by atoms with Gasteiger partial charge in [0.05, 0.1) is 5.88 Å². The van der Waals surface area contributed by atoms with Crippen LogP contribution in [-0.2, 0) is 11.2 Å². The zero-order valence-electron chi connectivity index (χ0n) is 14.8. The standard InChI is InChI=1S/C20H19N3O3S/c1-2-18-22-15-10-14(8-9-17(15)26-18)21-19(24)16-11-27-12-23(16)20(25)13-6-4-3-5-7-13/h3-10,16H,2,11-12H2,1H3,(H,21,24)/t16-/m1/s1. The normalized spacial score (nSPS) is 16.6. The van der Waals surface area contributed by atoms with E-state index in [9.17, 15) is 9.59 Å². The summed E-state index contributed by atoms with van der Waals surface area (Å²) in [5, 5.41) is 2.91. The number of carbonyl (C=O) groups is 2. The number of benzene rings is 2. The molecule has 3 aromatic rings. The number of anilines is 1. The molecule has 1 aliphatic rings. The highest BCUT2D eigenvalue weighted by atomic mass is 32.2. The number of hydrogen-bond donors (Lipinski definition) is 1. The van der Waals surface area contributed by atoms with Crippen LogP contribution in [0.4, 0.5) is 5.69 Å². The molecule has 138 valence electrons. The summed E-state index contributed by atoms with van der Waals surface area (Å²) in [6.07, 6.45) is 0.715. The highest BCUT2D eigenvalue weighted by Gasteiger charge is 2.35. The Morgan fingerprint density at radius 3 is 2.85 bits per heavy atom. The first-order valence-electron chi connectivity index (χ1n) is 8.80. The molecule has 1 fully saturated rings. The van der Waals surface area contributed by atoms with E-state index in [-0.39, 0.29) is 11.8 Å². The number of nitrogens with one attached hydrogen (secondary N) is 1. The highest BCUT2D eigenvalue weighted by Crippen LogP contribution is 2.25. The monoisotopic (exact) mass is 381 g/mol. The predicted molar refractivity (Wildman–Crippen MR) is 106 cm³/mol. The SMILES string of the molecule is CCc1nc2cc(NC(=O)[C@H]3CSCN3C(=O)c3ccccc3)ccc2o1. The second-order valence-electron chi connectivity index (χ2n) is 6.29. The van der Waals surface area contributed by atoms with Crippen molar-refractivity contribution in [2.75, 3.05) is 16.9 Å². The van der Waals surface area contributed by atoms with Crippen molar-refractivity contribution >= 4 is 40.4 Å². The van der Waals surface area contributed by atoms with Crippen LogP contribution in [0.3, 0.4) is 0 Å². The summed E-state index contributed by atoms with van der Waals surface area (Å²) in [5.41, 5.74) is 2.64. The van der Waals surface area contributed by atoms with Crippen molar-refractivity contribution in [3.05, 3.63) is 60.0 Å². The van der Waals surface area contributed by atoms with Crippen molar-refractivity contribution in [1.82, 2.24) is 9.88 Å². The Kier molecular flexibility index (Phi) is 4.85. The third-order valence-electron chi connectivity index (χ3n) is 4.47. The molecule has 1 saturated heterocycles. The Morgan fingerprint density at radius 2 is 2.07 bits per heavy atom. The van der Waals surface area contributed by atoms with Crippen LogP contribution in [0.25, 0.3) is 11.1 Å². The van der Waals surface area contributed by atoms with E-state index in [4.69, 9.17) is 4.42 Å². The van der Waals surface area contributed by atoms with Gasteiger partial charge in [-0.15, -0.1) is 11.8 Å². The van der Waals surface area contributed by atoms with Crippen molar-refractivity contribution in [1.29, 1.82) is 0 Å². The summed E-state index contributed by atoms with van der Waals surface area (Å²) in [5.74, 6) is 1.44. The number of nitrogens with zero attached hydrogens (tertiary/aromatic N) is 2. The quantitative estimate of drug-likeness (QED) is 0.748. The van der Waals surface area contributed by atoms with Gasteiger partial charge in [0.2, 0.25) is 5.91 Å². The van der Waals surface area contributed by atoms with Gasteiger partial charge in [-0.25, -0.2) is 4.98 Å². The van der Waals surface area contributed by atoms with Crippen molar-refractivity contribution < 1.29 is 14.0 Å². The van der Waals surface area contributed by atoms with Crippen molar-refractivity contribution in [3.8, 4) is 0 Å². The summed E-state index contributed by atoms with van der Waals surface area (Å²) in [6.45, 7) is 1.98. The minimum absolute atomic E-state index is 0.125.